The molecule has 2 aromatic carbocycles. The van der Waals surface area contributed by atoms with Gasteiger partial charge >= 0.3 is 0 Å². The van der Waals surface area contributed by atoms with Crippen molar-refractivity contribution in [1.82, 2.24) is 10.2 Å². The van der Waals surface area contributed by atoms with Gasteiger partial charge in [-0.25, -0.2) is 0 Å². The van der Waals surface area contributed by atoms with E-state index in [2.05, 4.69) is 10.2 Å². The fourth-order valence-corrected chi connectivity index (χ4v) is 7.74. The number of nitrogens with one attached hydrogen (secondary N) is 1. The van der Waals surface area contributed by atoms with E-state index >= 15 is 0 Å². The molecule has 7 rings (SSSR count). The van der Waals surface area contributed by atoms with E-state index in [-0.39, 0.29) is 46.6 Å². The Morgan fingerprint density at radius 3 is 2.57 bits per heavy atom. The summed E-state index contributed by atoms with van der Waals surface area (Å²) in [5.74, 6) is -3.24. The number of hydrogen-bond donors (Lipinski definition) is 4. The summed E-state index contributed by atoms with van der Waals surface area (Å²) in [6, 6.07) is 4.35. The van der Waals surface area contributed by atoms with Gasteiger partial charge in [0.05, 0.1) is 42.6 Å². The van der Waals surface area contributed by atoms with Crippen molar-refractivity contribution in [1.29, 1.82) is 0 Å². The molecule has 1 amide bonds. The van der Waals surface area contributed by atoms with Crippen LogP contribution in [0.1, 0.15) is 68.8 Å². The summed E-state index contributed by atoms with van der Waals surface area (Å²) < 4.78 is 35.5. The van der Waals surface area contributed by atoms with E-state index in [9.17, 15) is 29.7 Å². The van der Waals surface area contributed by atoms with Gasteiger partial charge in [-0.15, -0.1) is 0 Å². The molecule has 3 aliphatic heterocycles. The molecule has 14 heteroatoms. The monoisotopic (exact) mass is 640 g/mol. The Kier molecular flexibility index (Phi) is 7.59. The van der Waals surface area contributed by atoms with E-state index in [1.165, 1.54) is 32.4 Å². The second-order valence-corrected chi connectivity index (χ2v) is 12.3. The molecule has 0 saturated carbocycles. The van der Waals surface area contributed by atoms with Crippen molar-refractivity contribution in [3.05, 3.63) is 51.6 Å². The lowest BCUT2D eigenvalue weighted by Crippen LogP contribution is -2.55. The molecule has 0 aromatic heterocycles. The summed E-state index contributed by atoms with van der Waals surface area (Å²) in [6.45, 7) is 2.88. The number of likely N-dealkylation sites (N-methyl/N-ethyl adjacent to an activating group) is 1. The van der Waals surface area contributed by atoms with E-state index in [1.807, 2.05) is 6.92 Å². The van der Waals surface area contributed by atoms with Crippen molar-refractivity contribution in [3.63, 3.8) is 0 Å². The molecule has 3 heterocycles. The van der Waals surface area contributed by atoms with Crippen LogP contribution in [-0.2, 0) is 34.9 Å². The number of benzene rings is 2. The molecule has 46 heavy (non-hydrogen) atoms. The average molecular weight is 641 g/mol. The Morgan fingerprint density at radius 2 is 1.85 bits per heavy atom. The number of morpholine rings is 1. The second-order valence-electron chi connectivity index (χ2n) is 12.3. The highest BCUT2D eigenvalue weighted by molar-refractivity contribution is 6.31. The van der Waals surface area contributed by atoms with E-state index in [1.54, 1.807) is 7.11 Å². The molecule has 4 N–H and O–H groups in total. The van der Waals surface area contributed by atoms with Gasteiger partial charge in [0.2, 0.25) is 5.78 Å². The first-order valence-corrected chi connectivity index (χ1v) is 15.2. The third-order valence-corrected chi connectivity index (χ3v) is 9.83. The minimum absolute atomic E-state index is 0.00549. The first-order valence-electron chi connectivity index (χ1n) is 15.2. The number of carbonyl (C=O) groups excluding carboxylic acids is 3. The lowest BCUT2D eigenvalue weighted by Gasteiger charge is -2.43. The van der Waals surface area contributed by atoms with Crippen LogP contribution in [0, 0.1) is 0 Å². The quantitative estimate of drug-likeness (QED) is 0.289. The molecule has 1 unspecified atom stereocenters. The maximum Gasteiger partial charge on any atom is 0.252 e. The van der Waals surface area contributed by atoms with Gasteiger partial charge in [0.1, 0.15) is 29.0 Å². The molecule has 5 aliphatic rings. The maximum absolute atomic E-state index is 13.9. The zero-order valence-corrected chi connectivity index (χ0v) is 25.8. The molecular formula is C32H36N2O12. The molecule has 0 spiro atoms. The number of phenols is 2. The highest BCUT2D eigenvalue weighted by Gasteiger charge is 2.55. The molecule has 8 atom stereocenters. The summed E-state index contributed by atoms with van der Waals surface area (Å²) in [7, 11) is 4.27. The molecule has 14 nitrogen and oxygen atoms in total. The molecule has 2 aliphatic carbocycles. The highest BCUT2D eigenvalue weighted by atomic mass is 16.7. The third-order valence-electron chi connectivity index (χ3n) is 9.83. The van der Waals surface area contributed by atoms with Gasteiger partial charge in [0, 0.05) is 62.7 Å². The first-order chi connectivity index (χ1) is 22.0. The van der Waals surface area contributed by atoms with Crippen molar-refractivity contribution < 1.29 is 58.1 Å². The van der Waals surface area contributed by atoms with Crippen LogP contribution in [0.4, 0.5) is 0 Å². The number of methoxy groups -OCH3 is 2. The number of carbonyl (C=O) groups is 3. The van der Waals surface area contributed by atoms with Crippen molar-refractivity contribution in [2.45, 2.75) is 74.9 Å². The SMILES string of the molecule is CNC(=O)[C@]1(O)Cc2c(O)c3c(c(O)c2[C@@H](O[C@H]2CC4[C@H](O[C@@H]5[C@@H](OC)OCCN45)[C@H](C)O2)C1)C(=O)c1c(OC)cccc1C3=O. The van der Waals surface area contributed by atoms with Crippen molar-refractivity contribution in [2.75, 3.05) is 34.4 Å². The number of aromatic hydroxyl groups is 2. The van der Waals surface area contributed by atoms with E-state index in [0.29, 0.717) is 19.6 Å². The van der Waals surface area contributed by atoms with Crippen LogP contribution in [0.5, 0.6) is 17.2 Å². The molecule has 0 radical (unpaired) electrons. The molecule has 0 bridgehead atoms. The number of hydrogen-bond acceptors (Lipinski definition) is 13. The molecular weight excluding hydrogens is 604 g/mol. The van der Waals surface area contributed by atoms with Crippen LogP contribution in [-0.4, -0.2) is 115 Å². The number of fused-ring (bicyclic) bond motifs is 6. The molecule has 246 valence electrons. The Hall–Kier alpha value is -3.63. The number of ketones is 2. The topological polar surface area (TPSA) is 183 Å². The summed E-state index contributed by atoms with van der Waals surface area (Å²) in [5, 5.41) is 37.4. The van der Waals surface area contributed by atoms with Crippen LogP contribution in [0.3, 0.4) is 0 Å². The number of rotatable bonds is 5. The summed E-state index contributed by atoms with van der Waals surface area (Å²) in [5.41, 5.74) is -3.04. The van der Waals surface area contributed by atoms with Crippen LogP contribution < -0.4 is 10.1 Å². The van der Waals surface area contributed by atoms with Gasteiger partial charge in [-0.05, 0) is 13.0 Å². The van der Waals surface area contributed by atoms with Gasteiger partial charge in [-0.1, -0.05) is 12.1 Å². The van der Waals surface area contributed by atoms with Crippen LogP contribution >= 0.6 is 0 Å². The Balaban J connectivity index is 1.30. The Morgan fingerprint density at radius 1 is 1.09 bits per heavy atom. The van der Waals surface area contributed by atoms with Crippen molar-refractivity contribution in [2.24, 2.45) is 0 Å². The summed E-state index contributed by atoms with van der Waals surface area (Å²) in [4.78, 5) is 42.8. The van der Waals surface area contributed by atoms with Gasteiger partial charge in [-0.3, -0.25) is 19.3 Å². The highest BCUT2D eigenvalue weighted by Crippen LogP contribution is 2.53. The number of ether oxygens (including phenoxy) is 6. The Bertz CT molecular complexity index is 1630. The zero-order chi connectivity index (χ0) is 32.7. The smallest absolute Gasteiger partial charge is 0.252 e. The van der Waals surface area contributed by atoms with Gasteiger partial charge in [0.25, 0.3) is 5.91 Å². The second kappa shape index (κ2) is 11.3. The van der Waals surface area contributed by atoms with Crippen LogP contribution in [0.2, 0.25) is 0 Å². The minimum Gasteiger partial charge on any atom is -0.507 e. The summed E-state index contributed by atoms with van der Waals surface area (Å²) in [6.07, 6.45) is -4.36. The molecule has 3 saturated heterocycles. The zero-order valence-electron chi connectivity index (χ0n) is 25.8. The van der Waals surface area contributed by atoms with Crippen molar-refractivity contribution >= 4 is 17.5 Å². The normalized spacial score (nSPS) is 33.4. The van der Waals surface area contributed by atoms with E-state index < -0.39 is 83.1 Å². The minimum atomic E-state index is -2.09. The number of aliphatic hydroxyl groups is 1. The lowest BCUT2D eigenvalue weighted by molar-refractivity contribution is -0.256. The fraction of sp³-hybridized carbons (Fsp3) is 0.531. The van der Waals surface area contributed by atoms with Gasteiger partial charge in [-0.2, -0.15) is 0 Å². The van der Waals surface area contributed by atoms with Crippen LogP contribution in [0.15, 0.2) is 18.2 Å². The fourth-order valence-electron chi connectivity index (χ4n) is 7.74. The van der Waals surface area contributed by atoms with Crippen LogP contribution in [0.25, 0.3) is 0 Å². The van der Waals surface area contributed by atoms with E-state index in [4.69, 9.17) is 28.4 Å². The standard InChI is InChI=1S/C32H36N2O12/c1-13-28-16(34-8-9-43-30(42-4)29(34)46-28)10-19(44-13)45-18-12-32(40,31(39)33-2)11-15-21(18)27(38)23-22(25(15)36)24(35)14-6-5-7-17(41-3)20(14)26(23)37/h5-7,13,16,18-19,28-30,36,38,40H,8-12H2,1-4H3,(H,33,39)/t13-,16?,18-,19-,28+,29+,30-,32-/m0/s1. The molecule has 3 fully saturated rings. The lowest BCUT2D eigenvalue weighted by atomic mass is 9.72. The van der Waals surface area contributed by atoms with Crippen molar-refractivity contribution in [3.8, 4) is 17.2 Å². The van der Waals surface area contributed by atoms with E-state index in [0.717, 1.165) is 0 Å². The number of amides is 1. The maximum atomic E-state index is 13.9. The largest absolute Gasteiger partial charge is 0.507 e. The van der Waals surface area contributed by atoms with Gasteiger partial charge in [0.15, 0.2) is 24.6 Å². The summed E-state index contributed by atoms with van der Waals surface area (Å²) >= 11 is 0. The predicted molar refractivity (Wildman–Crippen MR) is 156 cm³/mol. The third kappa shape index (κ3) is 4.47. The number of nitrogens with zero attached hydrogens (tertiary/aromatic N) is 1. The average Bonchev–Trinajstić information content (AvgIpc) is 3.43. The Labute approximate surface area is 264 Å². The number of phenolic OH excluding ortho intramolecular Hbond substituents is 2. The predicted octanol–water partition coefficient (Wildman–Crippen LogP) is 0.896. The molecule has 2 aromatic rings. The van der Waals surface area contributed by atoms with Gasteiger partial charge < -0.3 is 49.1 Å². The first kappa shape index (κ1) is 31.0.